The fourth-order valence-electron chi connectivity index (χ4n) is 3.26. The van der Waals surface area contributed by atoms with E-state index in [9.17, 15) is 24.3 Å². The van der Waals surface area contributed by atoms with Crippen LogP contribution in [0.3, 0.4) is 0 Å². The summed E-state index contributed by atoms with van der Waals surface area (Å²) in [6.07, 6.45) is -0.585. The van der Waals surface area contributed by atoms with Crippen molar-refractivity contribution in [2.75, 3.05) is 41.5 Å². The largest absolute Gasteiger partial charge is 0.481 e. The van der Waals surface area contributed by atoms with Crippen LogP contribution >= 0.6 is 0 Å². The molecule has 14 nitrogen and oxygen atoms in total. The number of rotatable bonds is 11. The zero-order valence-electron chi connectivity index (χ0n) is 18.3. The third-order valence-electron chi connectivity index (χ3n) is 4.98. The third kappa shape index (κ3) is 6.35. The number of anilines is 4. The summed E-state index contributed by atoms with van der Waals surface area (Å²) in [5.74, 6) is -2.32. The van der Waals surface area contributed by atoms with Crippen LogP contribution in [-0.2, 0) is 9.59 Å². The van der Waals surface area contributed by atoms with Crippen LogP contribution in [0.2, 0.25) is 0 Å². The van der Waals surface area contributed by atoms with Crippen molar-refractivity contribution in [3.05, 3.63) is 40.2 Å². The van der Waals surface area contributed by atoms with Crippen molar-refractivity contribution in [3.63, 3.8) is 0 Å². The highest BCUT2D eigenvalue weighted by atomic mass is 16.4. The first-order chi connectivity index (χ1) is 16.3. The second-order valence-corrected chi connectivity index (χ2v) is 7.49. The summed E-state index contributed by atoms with van der Waals surface area (Å²) in [6, 6.07) is 4.97. The minimum absolute atomic E-state index is 0.118. The molecule has 0 bridgehead atoms. The van der Waals surface area contributed by atoms with E-state index in [0.29, 0.717) is 30.3 Å². The molecule has 0 fully saturated rings. The van der Waals surface area contributed by atoms with Crippen LogP contribution in [0.4, 0.5) is 23.1 Å². The molecule has 182 valence electrons. The van der Waals surface area contributed by atoms with Crippen LogP contribution in [-0.4, -0.2) is 70.2 Å². The Balaban J connectivity index is 1.54. The number of aromatic nitrogens is 2. The Hall–Kier alpha value is -4.33. The topological polar surface area (TPSA) is 210 Å². The zero-order valence-corrected chi connectivity index (χ0v) is 18.3. The van der Waals surface area contributed by atoms with Crippen molar-refractivity contribution in [2.24, 2.45) is 0 Å². The summed E-state index contributed by atoms with van der Waals surface area (Å²) in [5.41, 5.74) is 6.37. The number of hydrazine groups is 1. The quantitative estimate of drug-likeness (QED) is 0.192. The first-order valence-corrected chi connectivity index (χ1v) is 10.4. The molecule has 14 heteroatoms. The van der Waals surface area contributed by atoms with Gasteiger partial charge in [-0.1, -0.05) is 0 Å². The molecule has 2 heterocycles. The van der Waals surface area contributed by atoms with E-state index in [1.807, 2.05) is 0 Å². The molecule has 0 saturated heterocycles. The zero-order chi connectivity index (χ0) is 24.7. The van der Waals surface area contributed by atoms with E-state index in [-0.39, 0.29) is 36.0 Å². The van der Waals surface area contributed by atoms with Gasteiger partial charge in [-0.2, -0.15) is 4.98 Å². The number of fused-ring (bicyclic) bond motifs is 1. The lowest BCUT2D eigenvalue weighted by molar-refractivity contribution is -0.140. The number of nitrogens with one attached hydrogen (secondary N) is 7. The van der Waals surface area contributed by atoms with Crippen LogP contribution in [0.25, 0.3) is 0 Å². The minimum atomic E-state index is -1.30. The first-order valence-electron chi connectivity index (χ1n) is 10.4. The molecule has 1 amide bonds. The predicted molar refractivity (Wildman–Crippen MR) is 124 cm³/mol. The second-order valence-electron chi connectivity index (χ2n) is 7.49. The molecule has 0 saturated carbocycles. The van der Waals surface area contributed by atoms with Gasteiger partial charge in [0.2, 0.25) is 5.95 Å². The van der Waals surface area contributed by atoms with Crippen molar-refractivity contribution in [1.29, 1.82) is 0 Å². The maximum absolute atomic E-state index is 12.3. The number of hydrogen-bond donors (Lipinski definition) is 9. The van der Waals surface area contributed by atoms with Gasteiger partial charge < -0.3 is 31.5 Å². The summed E-state index contributed by atoms with van der Waals surface area (Å²) < 4.78 is 0. The van der Waals surface area contributed by atoms with Gasteiger partial charge in [0.25, 0.3) is 11.5 Å². The number of H-pyrrole nitrogens is 1. The number of carboxylic acid groups (broad SMARTS) is 2. The molecule has 9 N–H and O–H groups in total. The molecule has 0 aliphatic carbocycles. The Morgan fingerprint density at radius 1 is 1.21 bits per heavy atom. The van der Waals surface area contributed by atoms with E-state index < -0.39 is 23.9 Å². The fraction of sp³-hybridized carbons (Fsp3) is 0.350. The lowest BCUT2D eigenvalue weighted by atomic mass is 10.1. The highest BCUT2D eigenvalue weighted by Crippen LogP contribution is 2.20. The molecule has 2 unspecified atom stereocenters. The van der Waals surface area contributed by atoms with Crippen molar-refractivity contribution in [2.45, 2.75) is 24.9 Å². The Kier molecular flexibility index (Phi) is 7.87. The second kappa shape index (κ2) is 11.0. The van der Waals surface area contributed by atoms with E-state index in [2.05, 4.69) is 42.1 Å². The standard InChI is InChI=1S/C20H26N8O6/c1-21-28-20-26-16-15(18(32)27-20)24-12(9-23-16)8-22-11-4-2-10(3-5-11)17(31)25-13(19(33)34)6-7-14(29)30/h2-5,12-13,21-22,24H,6-9H2,1H3,(H,25,31)(H,29,30)(H,33,34)(H3,23,26,27,28,32). The van der Waals surface area contributed by atoms with Crippen LogP contribution in [0.15, 0.2) is 29.1 Å². The smallest absolute Gasteiger partial charge is 0.326 e. The molecule has 2 aromatic rings. The molecule has 0 radical (unpaired) electrons. The van der Waals surface area contributed by atoms with Gasteiger partial charge >= 0.3 is 11.9 Å². The first kappa shape index (κ1) is 24.3. The molecule has 34 heavy (non-hydrogen) atoms. The van der Waals surface area contributed by atoms with Crippen LogP contribution < -0.4 is 37.7 Å². The summed E-state index contributed by atoms with van der Waals surface area (Å²) in [5, 5.41) is 29.7. The number of nitrogens with zero attached hydrogens (tertiary/aromatic N) is 1. The van der Waals surface area contributed by atoms with Gasteiger partial charge in [-0.15, -0.1) is 0 Å². The van der Waals surface area contributed by atoms with E-state index in [1.165, 1.54) is 12.1 Å². The van der Waals surface area contributed by atoms with E-state index in [1.54, 1.807) is 19.2 Å². The summed E-state index contributed by atoms with van der Waals surface area (Å²) in [6.45, 7) is 0.979. The molecule has 1 aliphatic rings. The highest BCUT2D eigenvalue weighted by Gasteiger charge is 2.23. The van der Waals surface area contributed by atoms with Gasteiger partial charge in [0.05, 0.1) is 6.04 Å². The SMILES string of the molecule is CNNc1nc2c(c(=O)[nH]1)NC(CNc1ccc(C(=O)NC(CCC(=O)O)C(=O)O)cc1)CN2. The lowest BCUT2D eigenvalue weighted by Crippen LogP contribution is -2.41. The van der Waals surface area contributed by atoms with E-state index in [4.69, 9.17) is 5.11 Å². The van der Waals surface area contributed by atoms with E-state index in [0.717, 1.165) is 0 Å². The lowest BCUT2D eigenvalue weighted by Gasteiger charge is -2.27. The molecule has 2 atom stereocenters. The normalized spacial score (nSPS) is 15.1. The highest BCUT2D eigenvalue weighted by molar-refractivity contribution is 5.96. The number of hydrogen-bond acceptors (Lipinski definition) is 10. The Bertz CT molecular complexity index is 1100. The van der Waals surface area contributed by atoms with Crippen LogP contribution in [0.1, 0.15) is 23.2 Å². The van der Waals surface area contributed by atoms with Gasteiger partial charge in [-0.05, 0) is 30.7 Å². The van der Waals surface area contributed by atoms with Crippen molar-refractivity contribution in [1.82, 2.24) is 20.7 Å². The molecular formula is C20H26N8O6. The average Bonchev–Trinajstić information content (AvgIpc) is 2.80. The molecular weight excluding hydrogens is 448 g/mol. The van der Waals surface area contributed by atoms with Crippen LogP contribution in [0.5, 0.6) is 0 Å². The maximum Gasteiger partial charge on any atom is 0.326 e. The Labute approximate surface area is 193 Å². The van der Waals surface area contributed by atoms with Gasteiger partial charge in [-0.3, -0.25) is 24.8 Å². The molecule has 3 rings (SSSR count). The number of benzene rings is 1. The fourth-order valence-corrected chi connectivity index (χ4v) is 3.26. The van der Waals surface area contributed by atoms with Gasteiger partial charge in [0.1, 0.15) is 11.7 Å². The monoisotopic (exact) mass is 474 g/mol. The third-order valence-corrected chi connectivity index (χ3v) is 4.98. The summed E-state index contributed by atoms with van der Waals surface area (Å²) >= 11 is 0. The maximum atomic E-state index is 12.3. The summed E-state index contributed by atoms with van der Waals surface area (Å²) in [4.78, 5) is 53.4. The van der Waals surface area contributed by atoms with Crippen molar-refractivity contribution in [3.8, 4) is 0 Å². The van der Waals surface area contributed by atoms with Crippen LogP contribution in [0, 0.1) is 0 Å². The molecule has 1 aliphatic heterocycles. The Morgan fingerprint density at radius 2 is 1.94 bits per heavy atom. The van der Waals surface area contributed by atoms with Crippen molar-refractivity contribution < 1.29 is 24.6 Å². The van der Waals surface area contributed by atoms with Gasteiger partial charge in [0.15, 0.2) is 5.82 Å². The number of aromatic amines is 1. The van der Waals surface area contributed by atoms with Gasteiger partial charge in [-0.25, -0.2) is 10.2 Å². The van der Waals surface area contributed by atoms with Crippen molar-refractivity contribution >= 4 is 41.0 Å². The molecule has 1 aromatic carbocycles. The van der Waals surface area contributed by atoms with E-state index >= 15 is 0 Å². The number of carbonyl (C=O) groups is 3. The predicted octanol–water partition coefficient (Wildman–Crippen LogP) is -0.318. The van der Waals surface area contributed by atoms with Gasteiger partial charge in [0, 0.05) is 37.8 Å². The number of carboxylic acids is 2. The molecule has 1 aromatic heterocycles. The molecule has 0 spiro atoms. The number of amides is 1. The average molecular weight is 474 g/mol. The Morgan fingerprint density at radius 3 is 2.59 bits per heavy atom. The number of aliphatic carboxylic acids is 2. The summed E-state index contributed by atoms with van der Waals surface area (Å²) in [7, 11) is 1.65. The number of carbonyl (C=O) groups excluding carboxylic acids is 1. The minimum Gasteiger partial charge on any atom is -0.481 e.